The SMILES string of the molecule is COc1ccc(N(CCCN)S(=O)(=O)CC(C)(C)C)cc1. The third kappa shape index (κ3) is 5.55. The summed E-state index contributed by atoms with van der Waals surface area (Å²) in [6.45, 7) is 6.60. The molecule has 0 aliphatic carbocycles. The van der Waals surface area contributed by atoms with Crippen molar-refractivity contribution in [1.29, 1.82) is 0 Å². The Kier molecular flexibility index (Phi) is 6.04. The van der Waals surface area contributed by atoms with Gasteiger partial charge in [-0.05, 0) is 42.6 Å². The molecule has 0 heterocycles. The van der Waals surface area contributed by atoms with Gasteiger partial charge in [0.1, 0.15) is 5.75 Å². The summed E-state index contributed by atoms with van der Waals surface area (Å²) in [6, 6.07) is 7.04. The van der Waals surface area contributed by atoms with E-state index in [4.69, 9.17) is 10.5 Å². The minimum absolute atomic E-state index is 0.0938. The van der Waals surface area contributed by atoms with E-state index in [9.17, 15) is 8.42 Å². The van der Waals surface area contributed by atoms with E-state index in [-0.39, 0.29) is 11.2 Å². The minimum Gasteiger partial charge on any atom is -0.497 e. The van der Waals surface area contributed by atoms with Crippen LogP contribution in [-0.4, -0.2) is 34.4 Å². The van der Waals surface area contributed by atoms with Gasteiger partial charge in [-0.2, -0.15) is 0 Å². The molecule has 0 saturated heterocycles. The fourth-order valence-corrected chi connectivity index (χ4v) is 4.14. The molecule has 1 rings (SSSR count). The van der Waals surface area contributed by atoms with Crippen LogP contribution in [0.25, 0.3) is 0 Å². The van der Waals surface area contributed by atoms with Crippen molar-refractivity contribution in [2.45, 2.75) is 27.2 Å². The number of benzene rings is 1. The summed E-state index contributed by atoms with van der Waals surface area (Å²) >= 11 is 0. The van der Waals surface area contributed by atoms with Crippen LogP contribution < -0.4 is 14.8 Å². The maximum Gasteiger partial charge on any atom is 0.235 e. The molecule has 0 aromatic heterocycles. The molecule has 0 unspecified atom stereocenters. The Morgan fingerprint density at radius 1 is 1.19 bits per heavy atom. The first-order valence-electron chi connectivity index (χ1n) is 7.04. The molecule has 5 nitrogen and oxygen atoms in total. The lowest BCUT2D eigenvalue weighted by molar-refractivity contribution is 0.415. The molecule has 120 valence electrons. The van der Waals surface area contributed by atoms with Crippen LogP contribution in [0.3, 0.4) is 0 Å². The second-order valence-electron chi connectivity index (χ2n) is 6.23. The van der Waals surface area contributed by atoms with Gasteiger partial charge < -0.3 is 10.5 Å². The summed E-state index contributed by atoms with van der Waals surface area (Å²) in [5.74, 6) is 0.794. The Morgan fingerprint density at radius 3 is 2.19 bits per heavy atom. The lowest BCUT2D eigenvalue weighted by Gasteiger charge is -2.28. The average Bonchev–Trinajstić information content (AvgIpc) is 2.37. The van der Waals surface area contributed by atoms with Gasteiger partial charge in [0, 0.05) is 6.54 Å². The van der Waals surface area contributed by atoms with Crippen molar-refractivity contribution in [2.75, 3.05) is 30.3 Å². The molecule has 2 N–H and O–H groups in total. The number of nitrogens with zero attached hydrogens (tertiary/aromatic N) is 1. The fraction of sp³-hybridized carbons (Fsp3) is 0.600. The first kappa shape index (κ1) is 17.8. The molecular weight excluding hydrogens is 288 g/mol. The van der Waals surface area contributed by atoms with Crippen LogP contribution in [0.5, 0.6) is 5.75 Å². The standard InChI is InChI=1S/C15H26N2O3S/c1-15(2,3)12-21(18,19)17(11-5-10-16)13-6-8-14(20-4)9-7-13/h6-9H,5,10-12,16H2,1-4H3. The smallest absolute Gasteiger partial charge is 0.235 e. The van der Waals surface area contributed by atoms with Gasteiger partial charge in [0.25, 0.3) is 0 Å². The van der Waals surface area contributed by atoms with Crippen LogP contribution >= 0.6 is 0 Å². The third-order valence-electron chi connectivity index (χ3n) is 2.88. The molecule has 0 amide bonds. The van der Waals surface area contributed by atoms with E-state index in [2.05, 4.69) is 0 Å². The number of ether oxygens (including phenoxy) is 1. The van der Waals surface area contributed by atoms with Crippen molar-refractivity contribution in [2.24, 2.45) is 11.1 Å². The maximum atomic E-state index is 12.7. The highest BCUT2D eigenvalue weighted by Crippen LogP contribution is 2.26. The molecule has 0 bridgehead atoms. The van der Waals surface area contributed by atoms with Crippen molar-refractivity contribution in [3.8, 4) is 5.75 Å². The van der Waals surface area contributed by atoms with Crippen LogP contribution in [0.1, 0.15) is 27.2 Å². The molecular formula is C15H26N2O3S. The molecule has 0 fully saturated rings. The predicted octanol–water partition coefficient (Wildman–Crippen LogP) is 2.23. The zero-order valence-corrected chi connectivity index (χ0v) is 14.1. The van der Waals surface area contributed by atoms with Crippen LogP contribution in [0.4, 0.5) is 5.69 Å². The molecule has 0 radical (unpaired) electrons. The van der Waals surface area contributed by atoms with Crippen LogP contribution in [0, 0.1) is 5.41 Å². The van der Waals surface area contributed by atoms with E-state index < -0.39 is 10.0 Å². The number of nitrogens with two attached hydrogens (primary N) is 1. The van der Waals surface area contributed by atoms with E-state index >= 15 is 0 Å². The van der Waals surface area contributed by atoms with Crippen LogP contribution in [0.2, 0.25) is 0 Å². The van der Waals surface area contributed by atoms with Gasteiger partial charge in [-0.15, -0.1) is 0 Å². The molecule has 0 saturated carbocycles. The van der Waals surface area contributed by atoms with Gasteiger partial charge in [0.15, 0.2) is 0 Å². The molecule has 0 spiro atoms. The molecule has 0 aliphatic heterocycles. The van der Waals surface area contributed by atoms with Gasteiger partial charge in [-0.1, -0.05) is 20.8 Å². The van der Waals surface area contributed by atoms with E-state index in [0.717, 1.165) is 0 Å². The van der Waals surface area contributed by atoms with Crippen molar-refractivity contribution in [3.63, 3.8) is 0 Å². The van der Waals surface area contributed by atoms with Gasteiger partial charge in [-0.3, -0.25) is 4.31 Å². The summed E-state index contributed by atoms with van der Waals surface area (Å²) in [5, 5.41) is 0. The Bertz CT molecular complexity index is 533. The molecule has 6 heteroatoms. The number of hydrogen-bond acceptors (Lipinski definition) is 4. The Balaban J connectivity index is 3.09. The predicted molar refractivity (Wildman–Crippen MR) is 87.3 cm³/mol. The van der Waals surface area contributed by atoms with E-state index in [1.165, 1.54) is 4.31 Å². The summed E-state index contributed by atoms with van der Waals surface area (Å²) < 4.78 is 31.9. The number of methoxy groups -OCH3 is 1. The molecule has 0 aliphatic rings. The van der Waals surface area contributed by atoms with Gasteiger partial charge in [0.2, 0.25) is 10.0 Å². The summed E-state index contributed by atoms with van der Waals surface area (Å²) in [5.41, 5.74) is 5.88. The number of sulfonamides is 1. The van der Waals surface area contributed by atoms with Crippen LogP contribution in [-0.2, 0) is 10.0 Å². The Labute approximate surface area is 128 Å². The first-order chi connectivity index (χ1) is 9.69. The van der Waals surface area contributed by atoms with Gasteiger partial charge in [-0.25, -0.2) is 8.42 Å². The van der Waals surface area contributed by atoms with E-state index in [1.807, 2.05) is 20.8 Å². The van der Waals surface area contributed by atoms with Gasteiger partial charge in [0.05, 0.1) is 18.6 Å². The van der Waals surface area contributed by atoms with Crippen molar-refractivity contribution >= 4 is 15.7 Å². The maximum absolute atomic E-state index is 12.7. The van der Waals surface area contributed by atoms with E-state index in [1.54, 1.807) is 31.4 Å². The number of hydrogen-bond donors (Lipinski definition) is 1. The molecule has 1 aromatic rings. The van der Waals surface area contributed by atoms with E-state index in [0.29, 0.717) is 30.9 Å². The molecule has 0 atom stereocenters. The zero-order chi connectivity index (χ0) is 16.1. The second-order valence-corrected chi connectivity index (χ2v) is 8.12. The molecule has 21 heavy (non-hydrogen) atoms. The highest BCUT2D eigenvalue weighted by Gasteiger charge is 2.28. The van der Waals surface area contributed by atoms with Gasteiger partial charge >= 0.3 is 0 Å². The fourth-order valence-electron chi connectivity index (χ4n) is 2.04. The summed E-state index contributed by atoms with van der Waals surface area (Å²) in [6.07, 6.45) is 0.620. The summed E-state index contributed by atoms with van der Waals surface area (Å²) in [4.78, 5) is 0. The van der Waals surface area contributed by atoms with Crippen molar-refractivity contribution < 1.29 is 13.2 Å². The average molecular weight is 314 g/mol. The third-order valence-corrected chi connectivity index (χ3v) is 5.17. The van der Waals surface area contributed by atoms with Crippen molar-refractivity contribution in [3.05, 3.63) is 24.3 Å². The second kappa shape index (κ2) is 7.13. The first-order valence-corrected chi connectivity index (χ1v) is 8.65. The molecule has 1 aromatic carbocycles. The summed E-state index contributed by atoms with van der Waals surface area (Å²) in [7, 11) is -1.81. The highest BCUT2D eigenvalue weighted by atomic mass is 32.2. The number of anilines is 1. The van der Waals surface area contributed by atoms with Crippen LogP contribution in [0.15, 0.2) is 24.3 Å². The highest BCUT2D eigenvalue weighted by molar-refractivity contribution is 7.92. The normalized spacial score (nSPS) is 12.2. The zero-order valence-electron chi connectivity index (χ0n) is 13.3. The Morgan fingerprint density at radius 2 is 1.76 bits per heavy atom. The quantitative estimate of drug-likeness (QED) is 0.837. The monoisotopic (exact) mass is 314 g/mol. The minimum atomic E-state index is -3.39. The topological polar surface area (TPSA) is 72.6 Å². The largest absolute Gasteiger partial charge is 0.497 e. The van der Waals surface area contributed by atoms with Crippen molar-refractivity contribution in [1.82, 2.24) is 0 Å². The lowest BCUT2D eigenvalue weighted by atomic mass is 10.0. The lowest BCUT2D eigenvalue weighted by Crippen LogP contribution is -2.38. The number of rotatable bonds is 7. The Hall–Kier alpha value is -1.27.